The monoisotopic (exact) mass is 305 g/mol. The van der Waals surface area contributed by atoms with Gasteiger partial charge < -0.3 is 18.7 Å². The Morgan fingerprint density at radius 2 is 2.23 bits per heavy atom. The Hall–Kier alpha value is -1.99. The van der Waals surface area contributed by atoms with Crippen LogP contribution in [0.4, 0.5) is 0 Å². The molecule has 1 atom stereocenters. The number of pyridine rings is 1. The van der Waals surface area contributed by atoms with Crippen molar-refractivity contribution in [2.24, 2.45) is 0 Å². The zero-order valence-electron chi connectivity index (χ0n) is 12.7. The van der Waals surface area contributed by atoms with Crippen molar-refractivity contribution < 1.29 is 18.7 Å². The molecule has 7 nitrogen and oxygen atoms in total. The van der Waals surface area contributed by atoms with Gasteiger partial charge in [0.2, 0.25) is 5.88 Å². The van der Waals surface area contributed by atoms with Gasteiger partial charge in [-0.25, -0.2) is 4.98 Å². The number of hydrogen-bond donors (Lipinski definition) is 0. The highest BCUT2D eigenvalue weighted by Crippen LogP contribution is 2.32. The summed E-state index contributed by atoms with van der Waals surface area (Å²) in [7, 11) is 1.63. The van der Waals surface area contributed by atoms with Crippen LogP contribution in [-0.4, -0.2) is 42.1 Å². The summed E-state index contributed by atoms with van der Waals surface area (Å²) in [4.78, 5) is 8.84. The third kappa shape index (κ3) is 2.95. The minimum absolute atomic E-state index is 0.434. The summed E-state index contributed by atoms with van der Waals surface area (Å²) in [5.41, 5.74) is 0.207. The predicted octanol–water partition coefficient (Wildman–Crippen LogP) is 1.72. The van der Waals surface area contributed by atoms with Gasteiger partial charge in [0.1, 0.15) is 0 Å². The van der Waals surface area contributed by atoms with Gasteiger partial charge in [0, 0.05) is 19.6 Å². The maximum Gasteiger partial charge on any atom is 0.261 e. The third-order valence-electron chi connectivity index (χ3n) is 3.65. The van der Waals surface area contributed by atoms with Crippen LogP contribution in [0.15, 0.2) is 22.7 Å². The van der Waals surface area contributed by atoms with Gasteiger partial charge in [-0.3, -0.25) is 0 Å². The van der Waals surface area contributed by atoms with E-state index in [-0.39, 0.29) is 0 Å². The SMILES string of the molecule is CCOc1cccc(Cc2noc([C@]3(OC)CCOC3)n2)n1. The highest BCUT2D eigenvalue weighted by atomic mass is 16.6. The molecule has 1 aliphatic rings. The van der Waals surface area contributed by atoms with Gasteiger partial charge in [-0.2, -0.15) is 4.98 Å². The Morgan fingerprint density at radius 1 is 1.32 bits per heavy atom. The Morgan fingerprint density at radius 3 is 2.95 bits per heavy atom. The molecule has 0 N–H and O–H groups in total. The van der Waals surface area contributed by atoms with Crippen LogP contribution < -0.4 is 4.74 Å². The van der Waals surface area contributed by atoms with Crippen molar-refractivity contribution in [3.8, 4) is 5.88 Å². The number of hydrogen-bond acceptors (Lipinski definition) is 7. The lowest BCUT2D eigenvalue weighted by Gasteiger charge is -2.20. The molecule has 1 saturated heterocycles. The number of nitrogens with zero attached hydrogens (tertiary/aromatic N) is 3. The minimum Gasteiger partial charge on any atom is -0.478 e. The summed E-state index contributed by atoms with van der Waals surface area (Å²) in [6.07, 6.45) is 1.19. The van der Waals surface area contributed by atoms with Gasteiger partial charge in [0.25, 0.3) is 5.89 Å². The first-order valence-electron chi connectivity index (χ1n) is 7.30. The summed E-state index contributed by atoms with van der Waals surface area (Å²) < 4.78 is 21.7. The molecule has 2 aromatic heterocycles. The second-order valence-electron chi connectivity index (χ2n) is 5.09. The van der Waals surface area contributed by atoms with Crippen molar-refractivity contribution in [2.75, 3.05) is 26.9 Å². The van der Waals surface area contributed by atoms with E-state index in [1.54, 1.807) is 7.11 Å². The van der Waals surface area contributed by atoms with E-state index in [2.05, 4.69) is 15.1 Å². The van der Waals surface area contributed by atoms with Crippen molar-refractivity contribution in [2.45, 2.75) is 25.4 Å². The molecule has 118 valence electrons. The van der Waals surface area contributed by atoms with E-state index in [0.717, 1.165) is 5.69 Å². The molecule has 0 aliphatic carbocycles. The largest absolute Gasteiger partial charge is 0.478 e. The highest BCUT2D eigenvalue weighted by Gasteiger charge is 2.42. The standard InChI is InChI=1S/C15H19N3O4/c1-3-21-13-6-4-5-11(16-13)9-12-17-14(22-18-12)15(19-2)7-8-20-10-15/h4-6H,3,7-10H2,1-2H3/t15-/m0/s1. The van der Waals surface area contributed by atoms with Crippen LogP contribution in [0.3, 0.4) is 0 Å². The van der Waals surface area contributed by atoms with Gasteiger partial charge in [0.05, 0.1) is 31.9 Å². The maximum absolute atomic E-state index is 5.54. The normalized spacial score (nSPS) is 21.2. The van der Waals surface area contributed by atoms with E-state index in [0.29, 0.717) is 50.3 Å². The van der Waals surface area contributed by atoms with Crippen molar-refractivity contribution in [3.05, 3.63) is 35.6 Å². The van der Waals surface area contributed by atoms with E-state index in [4.69, 9.17) is 18.7 Å². The molecule has 0 spiro atoms. The number of ether oxygens (including phenoxy) is 3. The summed E-state index contributed by atoms with van der Waals surface area (Å²) in [5, 5.41) is 4.02. The molecule has 0 unspecified atom stereocenters. The molecule has 0 amide bonds. The van der Waals surface area contributed by atoms with Crippen LogP contribution in [0.1, 0.15) is 30.8 Å². The average Bonchev–Trinajstić information content (AvgIpc) is 3.17. The lowest BCUT2D eigenvalue weighted by atomic mass is 10.0. The lowest BCUT2D eigenvalue weighted by Crippen LogP contribution is -2.29. The van der Waals surface area contributed by atoms with Gasteiger partial charge in [-0.05, 0) is 13.0 Å². The van der Waals surface area contributed by atoms with Gasteiger partial charge in [0.15, 0.2) is 11.4 Å². The molecule has 3 rings (SSSR count). The summed E-state index contributed by atoms with van der Waals surface area (Å²) in [5.74, 6) is 1.63. The number of rotatable bonds is 6. The first kappa shape index (κ1) is 14.9. The number of methoxy groups -OCH3 is 1. The number of aromatic nitrogens is 3. The summed E-state index contributed by atoms with van der Waals surface area (Å²) in [6.45, 7) is 3.57. The smallest absolute Gasteiger partial charge is 0.261 e. The molecule has 7 heteroatoms. The van der Waals surface area contributed by atoms with Crippen molar-refractivity contribution >= 4 is 0 Å². The Kier molecular flexibility index (Phi) is 4.35. The fourth-order valence-electron chi connectivity index (χ4n) is 2.42. The van der Waals surface area contributed by atoms with Crippen LogP contribution in [0.5, 0.6) is 5.88 Å². The summed E-state index contributed by atoms with van der Waals surface area (Å²) >= 11 is 0. The first-order chi connectivity index (χ1) is 10.8. The Balaban J connectivity index is 1.75. The van der Waals surface area contributed by atoms with E-state index < -0.39 is 5.60 Å². The quantitative estimate of drug-likeness (QED) is 0.803. The van der Waals surface area contributed by atoms with E-state index in [9.17, 15) is 0 Å². The molecule has 0 bridgehead atoms. The van der Waals surface area contributed by atoms with Crippen LogP contribution in [0.2, 0.25) is 0 Å². The maximum atomic E-state index is 5.54. The van der Waals surface area contributed by atoms with Crippen molar-refractivity contribution in [1.29, 1.82) is 0 Å². The zero-order valence-corrected chi connectivity index (χ0v) is 12.7. The molecule has 2 aromatic rings. The molecule has 0 saturated carbocycles. The Bertz CT molecular complexity index is 623. The second-order valence-corrected chi connectivity index (χ2v) is 5.09. The molecule has 3 heterocycles. The van der Waals surface area contributed by atoms with Gasteiger partial charge in [-0.15, -0.1) is 0 Å². The van der Waals surface area contributed by atoms with Gasteiger partial charge >= 0.3 is 0 Å². The predicted molar refractivity (Wildman–Crippen MR) is 76.6 cm³/mol. The molecular formula is C15H19N3O4. The molecule has 0 radical (unpaired) electrons. The first-order valence-corrected chi connectivity index (χ1v) is 7.30. The third-order valence-corrected chi connectivity index (χ3v) is 3.65. The van der Waals surface area contributed by atoms with Crippen LogP contribution in [0.25, 0.3) is 0 Å². The average molecular weight is 305 g/mol. The fourth-order valence-corrected chi connectivity index (χ4v) is 2.42. The van der Waals surface area contributed by atoms with Crippen molar-refractivity contribution in [1.82, 2.24) is 15.1 Å². The van der Waals surface area contributed by atoms with Crippen molar-refractivity contribution in [3.63, 3.8) is 0 Å². The summed E-state index contributed by atoms with van der Waals surface area (Å²) in [6, 6.07) is 5.63. The molecule has 1 fully saturated rings. The molecule has 1 aliphatic heterocycles. The minimum atomic E-state index is -0.619. The fraction of sp³-hybridized carbons (Fsp3) is 0.533. The Labute approximate surface area is 128 Å². The van der Waals surface area contributed by atoms with E-state index in [1.807, 2.05) is 25.1 Å². The van der Waals surface area contributed by atoms with Crippen LogP contribution in [0, 0.1) is 0 Å². The molecule has 22 heavy (non-hydrogen) atoms. The molecular weight excluding hydrogens is 286 g/mol. The second kappa shape index (κ2) is 6.41. The topological polar surface area (TPSA) is 79.5 Å². The zero-order chi connectivity index (χ0) is 15.4. The lowest BCUT2D eigenvalue weighted by molar-refractivity contribution is -0.0442. The van der Waals surface area contributed by atoms with E-state index in [1.165, 1.54) is 0 Å². The molecule has 0 aromatic carbocycles. The highest BCUT2D eigenvalue weighted by molar-refractivity contribution is 5.18. The van der Waals surface area contributed by atoms with Gasteiger partial charge in [-0.1, -0.05) is 11.2 Å². The van der Waals surface area contributed by atoms with Crippen LogP contribution in [-0.2, 0) is 21.5 Å². The van der Waals surface area contributed by atoms with E-state index >= 15 is 0 Å². The van der Waals surface area contributed by atoms with Crippen LogP contribution >= 0.6 is 0 Å².